The molecule has 2 unspecified atom stereocenters. The van der Waals surface area contributed by atoms with E-state index < -0.39 is 28.1 Å². The number of primary amides is 1. The Balaban J connectivity index is 2.52. The SMILES string of the molecule is NC(=O)C1CC(O)CN1S(=O)(=O)c1ccc(Cl)c(N)c1Cl. The number of nitrogens with zero attached hydrogens (tertiary/aromatic N) is 1. The molecule has 0 spiro atoms. The molecule has 21 heavy (non-hydrogen) atoms. The molecule has 7 nitrogen and oxygen atoms in total. The van der Waals surface area contributed by atoms with Crippen LogP contribution < -0.4 is 11.5 Å². The van der Waals surface area contributed by atoms with E-state index in [-0.39, 0.29) is 33.6 Å². The number of anilines is 1. The molecule has 0 saturated carbocycles. The molecule has 10 heteroatoms. The number of carbonyl (C=O) groups excluding carboxylic acids is 1. The molecule has 1 amide bonds. The molecule has 0 radical (unpaired) electrons. The van der Waals surface area contributed by atoms with Gasteiger partial charge in [0.2, 0.25) is 15.9 Å². The lowest BCUT2D eigenvalue weighted by Gasteiger charge is -2.22. The predicted molar refractivity (Wildman–Crippen MR) is 78.4 cm³/mol. The Morgan fingerprint density at radius 1 is 1.38 bits per heavy atom. The topological polar surface area (TPSA) is 127 Å². The third-order valence-corrected chi connectivity index (χ3v) is 6.01. The molecule has 1 aliphatic heterocycles. The first-order valence-corrected chi connectivity index (χ1v) is 8.08. The third-order valence-electron chi connectivity index (χ3n) is 3.24. The summed E-state index contributed by atoms with van der Waals surface area (Å²) >= 11 is 11.7. The number of sulfonamides is 1. The second-order valence-electron chi connectivity index (χ2n) is 4.66. The van der Waals surface area contributed by atoms with Crippen molar-refractivity contribution in [2.24, 2.45) is 5.73 Å². The van der Waals surface area contributed by atoms with Crippen molar-refractivity contribution in [2.45, 2.75) is 23.5 Å². The first kappa shape index (κ1) is 16.3. The number of carbonyl (C=O) groups is 1. The van der Waals surface area contributed by atoms with Crippen LogP contribution in [-0.2, 0) is 14.8 Å². The molecule has 116 valence electrons. The summed E-state index contributed by atoms with van der Waals surface area (Å²) in [6.45, 7) is -0.241. The fourth-order valence-electron chi connectivity index (χ4n) is 2.18. The lowest BCUT2D eigenvalue weighted by atomic mass is 10.2. The van der Waals surface area contributed by atoms with E-state index in [0.717, 1.165) is 4.31 Å². The average Bonchev–Trinajstić information content (AvgIpc) is 2.79. The van der Waals surface area contributed by atoms with Crippen LogP contribution in [0.5, 0.6) is 0 Å². The fraction of sp³-hybridized carbons (Fsp3) is 0.364. The van der Waals surface area contributed by atoms with E-state index in [9.17, 15) is 18.3 Å². The number of hydrogen-bond donors (Lipinski definition) is 3. The highest BCUT2D eigenvalue weighted by Gasteiger charge is 2.43. The van der Waals surface area contributed by atoms with E-state index >= 15 is 0 Å². The molecular weight excluding hydrogens is 341 g/mol. The van der Waals surface area contributed by atoms with Crippen LogP contribution in [0.1, 0.15) is 6.42 Å². The molecule has 2 atom stereocenters. The van der Waals surface area contributed by atoms with Crippen molar-refractivity contribution < 1.29 is 18.3 Å². The highest BCUT2D eigenvalue weighted by atomic mass is 35.5. The summed E-state index contributed by atoms with van der Waals surface area (Å²) in [7, 11) is -4.13. The van der Waals surface area contributed by atoms with Crippen molar-refractivity contribution in [3.05, 3.63) is 22.2 Å². The fourth-order valence-corrected chi connectivity index (χ4v) is 4.57. The van der Waals surface area contributed by atoms with Gasteiger partial charge >= 0.3 is 0 Å². The van der Waals surface area contributed by atoms with Crippen molar-refractivity contribution in [3.63, 3.8) is 0 Å². The van der Waals surface area contributed by atoms with Crippen LogP contribution in [0.25, 0.3) is 0 Å². The molecule has 0 aliphatic carbocycles. The van der Waals surface area contributed by atoms with Crippen LogP contribution in [0.15, 0.2) is 17.0 Å². The molecule has 1 aromatic carbocycles. The number of nitrogens with two attached hydrogens (primary N) is 2. The molecule has 2 rings (SSSR count). The summed E-state index contributed by atoms with van der Waals surface area (Å²) in [6.07, 6.45) is -1.03. The Hall–Kier alpha value is -1.06. The van der Waals surface area contributed by atoms with Gasteiger partial charge in [-0.15, -0.1) is 0 Å². The van der Waals surface area contributed by atoms with Gasteiger partial charge in [-0.2, -0.15) is 4.31 Å². The van der Waals surface area contributed by atoms with Gasteiger partial charge < -0.3 is 16.6 Å². The third kappa shape index (κ3) is 2.82. The Morgan fingerprint density at radius 3 is 2.57 bits per heavy atom. The van der Waals surface area contributed by atoms with Gasteiger partial charge in [-0.25, -0.2) is 8.42 Å². The van der Waals surface area contributed by atoms with E-state index in [1.165, 1.54) is 12.1 Å². The van der Waals surface area contributed by atoms with Crippen LogP contribution in [0, 0.1) is 0 Å². The maximum atomic E-state index is 12.6. The number of amides is 1. The van der Waals surface area contributed by atoms with Gasteiger partial charge in [0.05, 0.1) is 21.8 Å². The van der Waals surface area contributed by atoms with Crippen molar-refractivity contribution >= 4 is 44.8 Å². The Labute approximate surface area is 131 Å². The van der Waals surface area contributed by atoms with E-state index in [2.05, 4.69) is 0 Å². The molecule has 1 fully saturated rings. The van der Waals surface area contributed by atoms with Crippen LogP contribution in [-0.4, -0.2) is 42.4 Å². The van der Waals surface area contributed by atoms with E-state index in [0.29, 0.717) is 0 Å². The van der Waals surface area contributed by atoms with Crippen molar-refractivity contribution in [1.82, 2.24) is 4.31 Å². The second-order valence-corrected chi connectivity index (χ2v) is 7.30. The zero-order valence-electron chi connectivity index (χ0n) is 10.7. The summed E-state index contributed by atoms with van der Waals surface area (Å²) in [4.78, 5) is 11.1. The second kappa shape index (κ2) is 5.62. The monoisotopic (exact) mass is 353 g/mol. The first-order chi connectivity index (χ1) is 9.66. The van der Waals surface area contributed by atoms with Gasteiger partial charge in [0.15, 0.2) is 0 Å². The Kier molecular flexibility index (Phi) is 4.36. The van der Waals surface area contributed by atoms with E-state index in [1.54, 1.807) is 0 Å². The normalized spacial score (nSPS) is 23.4. The van der Waals surface area contributed by atoms with Crippen molar-refractivity contribution in [2.75, 3.05) is 12.3 Å². The van der Waals surface area contributed by atoms with Gasteiger partial charge in [0.1, 0.15) is 10.9 Å². The number of nitrogen functional groups attached to an aromatic ring is 1. The molecule has 0 aromatic heterocycles. The maximum absolute atomic E-state index is 12.6. The highest BCUT2D eigenvalue weighted by molar-refractivity contribution is 7.89. The van der Waals surface area contributed by atoms with E-state index in [4.69, 9.17) is 34.7 Å². The number of hydrogen-bond acceptors (Lipinski definition) is 5. The number of benzene rings is 1. The number of halogens is 2. The lowest BCUT2D eigenvalue weighted by Crippen LogP contribution is -2.43. The van der Waals surface area contributed by atoms with Gasteiger partial charge in [0, 0.05) is 13.0 Å². The molecule has 1 heterocycles. The Bertz CT molecular complexity index is 695. The summed E-state index contributed by atoms with van der Waals surface area (Å²) in [5.74, 6) is -0.840. The van der Waals surface area contributed by atoms with Gasteiger partial charge in [-0.05, 0) is 12.1 Å². The Morgan fingerprint density at radius 2 is 2.00 bits per heavy atom. The minimum absolute atomic E-state index is 0.0603. The van der Waals surface area contributed by atoms with Crippen molar-refractivity contribution in [3.8, 4) is 0 Å². The summed E-state index contributed by atoms with van der Waals surface area (Å²) in [5.41, 5.74) is 10.7. The first-order valence-electron chi connectivity index (χ1n) is 5.89. The summed E-state index contributed by atoms with van der Waals surface area (Å²) in [6, 6.07) is 1.36. The minimum atomic E-state index is -4.13. The summed E-state index contributed by atoms with van der Waals surface area (Å²) < 4.78 is 26.0. The number of rotatable bonds is 3. The zero-order valence-corrected chi connectivity index (χ0v) is 13.0. The van der Waals surface area contributed by atoms with Crippen LogP contribution in [0.4, 0.5) is 5.69 Å². The molecule has 0 bridgehead atoms. The molecule has 1 saturated heterocycles. The molecule has 1 aromatic rings. The lowest BCUT2D eigenvalue weighted by molar-refractivity contribution is -0.121. The zero-order chi connectivity index (χ0) is 15.9. The predicted octanol–water partition coefficient (Wildman–Crippen LogP) is 0.185. The molecular formula is C11H13Cl2N3O4S. The standard InChI is InChI=1S/C11H13Cl2N3O4S/c12-6-1-2-8(9(13)10(6)14)21(19,20)16-4-5(17)3-7(16)11(15)18/h1-2,5,7,17H,3-4,14H2,(H2,15,18). The van der Waals surface area contributed by atoms with Crippen LogP contribution in [0.3, 0.4) is 0 Å². The number of aliphatic hydroxyl groups excluding tert-OH is 1. The maximum Gasteiger partial charge on any atom is 0.245 e. The molecule has 1 aliphatic rings. The highest BCUT2D eigenvalue weighted by Crippen LogP contribution is 2.36. The van der Waals surface area contributed by atoms with Crippen molar-refractivity contribution in [1.29, 1.82) is 0 Å². The van der Waals surface area contributed by atoms with Crippen LogP contribution >= 0.6 is 23.2 Å². The van der Waals surface area contributed by atoms with Gasteiger partial charge in [0.25, 0.3) is 0 Å². The molecule has 5 N–H and O–H groups in total. The summed E-state index contributed by atoms with van der Waals surface area (Å²) in [5, 5.41) is 9.49. The van der Waals surface area contributed by atoms with Gasteiger partial charge in [-0.1, -0.05) is 23.2 Å². The quantitative estimate of drug-likeness (QED) is 0.668. The number of aliphatic hydroxyl groups is 1. The van der Waals surface area contributed by atoms with Crippen LogP contribution in [0.2, 0.25) is 10.0 Å². The van der Waals surface area contributed by atoms with E-state index in [1.807, 2.05) is 0 Å². The van der Waals surface area contributed by atoms with Gasteiger partial charge in [-0.3, -0.25) is 4.79 Å². The number of β-amino-alcohol motifs (C(OH)–C–C–N with tert-alkyl or cyclic N) is 1. The smallest absolute Gasteiger partial charge is 0.245 e. The minimum Gasteiger partial charge on any atom is -0.396 e. The average molecular weight is 354 g/mol. The largest absolute Gasteiger partial charge is 0.396 e.